The first kappa shape index (κ1) is 25.7. The number of nitriles is 1. The predicted molar refractivity (Wildman–Crippen MR) is 137 cm³/mol. The van der Waals surface area contributed by atoms with Crippen molar-refractivity contribution < 1.29 is 23.5 Å². The number of rotatable bonds is 8. The van der Waals surface area contributed by atoms with Crippen molar-refractivity contribution in [2.75, 3.05) is 20.2 Å². The molecule has 3 aromatic rings. The number of benzene rings is 3. The summed E-state index contributed by atoms with van der Waals surface area (Å²) in [6.45, 7) is 4.37. The van der Waals surface area contributed by atoms with Crippen molar-refractivity contribution in [1.29, 1.82) is 5.26 Å². The quantitative estimate of drug-likeness (QED) is 0.464. The van der Waals surface area contributed by atoms with E-state index in [1.54, 1.807) is 43.4 Å². The molecule has 2 N–H and O–H groups in total. The van der Waals surface area contributed by atoms with E-state index in [9.17, 15) is 14.0 Å². The van der Waals surface area contributed by atoms with E-state index in [0.717, 1.165) is 5.56 Å². The maximum atomic E-state index is 13.5. The van der Waals surface area contributed by atoms with E-state index in [2.05, 4.69) is 10.6 Å². The number of carbonyl (C=O) groups excluding carboxylic acids is 2. The SMILES string of the molecule is CNC(=O)C1c2cc(-c3cc(OCC#N)cc(C(=O)NCC(C)C)c3)ccc2OC1c1ccc(F)cc1. The second-order valence-corrected chi connectivity index (χ2v) is 9.23. The summed E-state index contributed by atoms with van der Waals surface area (Å²) in [5.41, 5.74) is 3.20. The zero-order valence-corrected chi connectivity index (χ0v) is 20.9. The molecule has 1 heterocycles. The Kier molecular flexibility index (Phi) is 7.73. The van der Waals surface area contributed by atoms with Crippen LogP contribution in [-0.2, 0) is 4.79 Å². The molecule has 0 saturated heterocycles. The molecule has 0 radical (unpaired) electrons. The van der Waals surface area contributed by atoms with Gasteiger partial charge in [-0.1, -0.05) is 32.0 Å². The molecule has 190 valence electrons. The van der Waals surface area contributed by atoms with Gasteiger partial charge in [0.1, 0.15) is 35.4 Å². The number of halogens is 1. The van der Waals surface area contributed by atoms with E-state index in [1.165, 1.54) is 12.1 Å². The molecule has 3 aromatic carbocycles. The Labute approximate surface area is 215 Å². The maximum Gasteiger partial charge on any atom is 0.251 e. The molecule has 1 aliphatic heterocycles. The summed E-state index contributed by atoms with van der Waals surface area (Å²) in [5, 5.41) is 14.6. The third kappa shape index (κ3) is 5.72. The van der Waals surface area contributed by atoms with Crippen molar-refractivity contribution >= 4 is 11.8 Å². The second kappa shape index (κ2) is 11.1. The predicted octanol–water partition coefficient (Wildman–Crippen LogP) is 4.74. The van der Waals surface area contributed by atoms with Gasteiger partial charge in [0.15, 0.2) is 6.61 Å². The van der Waals surface area contributed by atoms with Gasteiger partial charge in [-0.15, -0.1) is 0 Å². The first-order chi connectivity index (χ1) is 17.8. The summed E-state index contributed by atoms with van der Waals surface area (Å²) >= 11 is 0. The van der Waals surface area contributed by atoms with Crippen LogP contribution in [0, 0.1) is 23.1 Å². The number of likely N-dealkylation sites (N-methyl/N-ethyl adjacent to an activating group) is 1. The standard InChI is InChI=1S/C29H28FN3O4/c1-17(2)16-33-28(34)21-12-20(13-23(14-21)36-11-10-31)19-6-9-25-24(15-19)26(29(35)32-3)27(37-25)18-4-7-22(30)8-5-18/h4-9,12-15,17,26-27H,11,16H2,1-3H3,(H,32,35)(H,33,34). The highest BCUT2D eigenvalue weighted by atomic mass is 19.1. The van der Waals surface area contributed by atoms with Gasteiger partial charge in [-0.3, -0.25) is 9.59 Å². The van der Waals surface area contributed by atoms with Gasteiger partial charge in [0.25, 0.3) is 5.91 Å². The molecule has 1 aliphatic rings. The average Bonchev–Trinajstić information content (AvgIpc) is 3.29. The van der Waals surface area contributed by atoms with Crippen molar-refractivity contribution in [2.24, 2.45) is 5.92 Å². The maximum absolute atomic E-state index is 13.5. The minimum Gasteiger partial charge on any atom is -0.484 e. The average molecular weight is 502 g/mol. The lowest BCUT2D eigenvalue weighted by Gasteiger charge is -2.18. The van der Waals surface area contributed by atoms with Crippen molar-refractivity contribution in [1.82, 2.24) is 10.6 Å². The Morgan fingerprint density at radius 3 is 2.51 bits per heavy atom. The van der Waals surface area contributed by atoms with Crippen LogP contribution < -0.4 is 20.1 Å². The molecule has 0 aliphatic carbocycles. The number of hydrogen-bond donors (Lipinski definition) is 2. The third-order valence-corrected chi connectivity index (χ3v) is 6.11. The van der Waals surface area contributed by atoms with Gasteiger partial charge in [-0.2, -0.15) is 5.26 Å². The first-order valence-corrected chi connectivity index (χ1v) is 12.0. The van der Waals surface area contributed by atoms with Gasteiger partial charge in [-0.25, -0.2) is 4.39 Å². The van der Waals surface area contributed by atoms with Crippen molar-refractivity contribution in [3.05, 3.63) is 83.2 Å². The van der Waals surface area contributed by atoms with E-state index >= 15 is 0 Å². The van der Waals surface area contributed by atoms with Crippen LogP contribution in [0.5, 0.6) is 11.5 Å². The molecule has 0 bridgehead atoms. The zero-order chi connectivity index (χ0) is 26.5. The van der Waals surface area contributed by atoms with Crippen LogP contribution in [0.2, 0.25) is 0 Å². The van der Waals surface area contributed by atoms with Crippen LogP contribution in [0.25, 0.3) is 11.1 Å². The fourth-order valence-corrected chi connectivity index (χ4v) is 4.29. The summed E-state index contributed by atoms with van der Waals surface area (Å²) < 4.78 is 25.2. The summed E-state index contributed by atoms with van der Waals surface area (Å²) in [4.78, 5) is 25.8. The molecule has 37 heavy (non-hydrogen) atoms. The van der Waals surface area contributed by atoms with E-state index in [4.69, 9.17) is 14.7 Å². The van der Waals surface area contributed by atoms with Crippen LogP contribution in [0.3, 0.4) is 0 Å². The van der Waals surface area contributed by atoms with Crippen LogP contribution in [0.4, 0.5) is 4.39 Å². The Bertz CT molecular complexity index is 1350. The van der Waals surface area contributed by atoms with E-state index in [1.807, 2.05) is 32.0 Å². The number of hydrogen-bond acceptors (Lipinski definition) is 5. The molecular weight excluding hydrogens is 473 g/mol. The lowest BCUT2D eigenvalue weighted by molar-refractivity contribution is -0.123. The van der Waals surface area contributed by atoms with Crippen molar-refractivity contribution in [2.45, 2.75) is 25.9 Å². The van der Waals surface area contributed by atoms with E-state index < -0.39 is 12.0 Å². The Morgan fingerprint density at radius 1 is 1.08 bits per heavy atom. The van der Waals surface area contributed by atoms with E-state index in [-0.39, 0.29) is 30.2 Å². The van der Waals surface area contributed by atoms with Gasteiger partial charge in [0, 0.05) is 24.7 Å². The molecule has 0 aromatic heterocycles. The molecule has 2 amide bonds. The summed E-state index contributed by atoms with van der Waals surface area (Å²) in [6, 6.07) is 18.4. The normalized spacial score (nSPS) is 15.9. The molecule has 8 heteroatoms. The second-order valence-electron chi connectivity index (χ2n) is 9.23. The van der Waals surface area contributed by atoms with Gasteiger partial charge in [0.2, 0.25) is 5.91 Å². The third-order valence-electron chi connectivity index (χ3n) is 6.11. The fourth-order valence-electron chi connectivity index (χ4n) is 4.29. The van der Waals surface area contributed by atoms with Crippen LogP contribution in [-0.4, -0.2) is 32.0 Å². The monoisotopic (exact) mass is 501 g/mol. The van der Waals surface area contributed by atoms with Gasteiger partial charge >= 0.3 is 0 Å². The Hall–Kier alpha value is -4.38. The van der Waals surface area contributed by atoms with Gasteiger partial charge in [0.05, 0.1) is 0 Å². The topological polar surface area (TPSA) is 100 Å². The number of ether oxygens (including phenoxy) is 2. The van der Waals surface area contributed by atoms with Gasteiger partial charge in [-0.05, 0) is 65.1 Å². The molecule has 2 unspecified atom stereocenters. The van der Waals surface area contributed by atoms with Crippen LogP contribution in [0.1, 0.15) is 47.4 Å². The number of nitrogens with zero attached hydrogens (tertiary/aromatic N) is 1. The number of fused-ring (bicyclic) bond motifs is 1. The number of carbonyl (C=O) groups is 2. The summed E-state index contributed by atoms with van der Waals surface area (Å²) in [5.74, 6) is -0.279. The Morgan fingerprint density at radius 2 is 1.84 bits per heavy atom. The lowest BCUT2D eigenvalue weighted by atomic mass is 9.88. The fraction of sp³-hybridized carbons (Fsp3) is 0.276. The summed E-state index contributed by atoms with van der Waals surface area (Å²) in [7, 11) is 1.56. The lowest BCUT2D eigenvalue weighted by Crippen LogP contribution is -2.28. The molecular formula is C29H28FN3O4. The van der Waals surface area contributed by atoms with Crippen molar-refractivity contribution in [3.63, 3.8) is 0 Å². The largest absolute Gasteiger partial charge is 0.484 e. The number of amides is 2. The molecule has 4 rings (SSSR count). The first-order valence-electron chi connectivity index (χ1n) is 12.0. The van der Waals surface area contributed by atoms with Gasteiger partial charge < -0.3 is 20.1 Å². The highest BCUT2D eigenvalue weighted by Gasteiger charge is 2.40. The Balaban J connectivity index is 1.74. The molecule has 0 spiro atoms. The van der Waals surface area contributed by atoms with Crippen molar-refractivity contribution in [3.8, 4) is 28.7 Å². The van der Waals surface area contributed by atoms with Crippen LogP contribution in [0.15, 0.2) is 60.7 Å². The minimum absolute atomic E-state index is 0.160. The molecule has 7 nitrogen and oxygen atoms in total. The smallest absolute Gasteiger partial charge is 0.251 e. The van der Waals surface area contributed by atoms with E-state index in [0.29, 0.717) is 40.3 Å². The summed E-state index contributed by atoms with van der Waals surface area (Å²) in [6.07, 6.45) is -0.617. The minimum atomic E-state index is -0.655. The van der Waals surface area contributed by atoms with Crippen LogP contribution >= 0.6 is 0 Å². The molecule has 0 saturated carbocycles. The number of nitrogens with one attached hydrogen (secondary N) is 2. The highest BCUT2D eigenvalue weighted by molar-refractivity contribution is 5.96. The molecule has 2 atom stereocenters. The zero-order valence-electron chi connectivity index (χ0n) is 20.9. The highest BCUT2D eigenvalue weighted by Crippen LogP contribution is 2.47. The molecule has 0 fully saturated rings.